The van der Waals surface area contributed by atoms with Crippen LogP contribution in [-0.2, 0) is 6.54 Å². The molecule has 0 saturated heterocycles. The average Bonchev–Trinajstić information content (AvgIpc) is 2.29. The van der Waals surface area contributed by atoms with Crippen molar-refractivity contribution in [1.29, 1.82) is 0 Å². The van der Waals surface area contributed by atoms with E-state index in [1.807, 2.05) is 0 Å². The van der Waals surface area contributed by atoms with Crippen molar-refractivity contribution in [2.24, 2.45) is 0 Å². The first-order valence-corrected chi connectivity index (χ1v) is 5.47. The Bertz CT molecular complexity index is 560. The summed E-state index contributed by atoms with van der Waals surface area (Å²) in [5, 5.41) is 0.596. The van der Waals surface area contributed by atoms with Gasteiger partial charge in [-0.2, -0.15) is 0 Å². The molecule has 16 heavy (non-hydrogen) atoms. The highest BCUT2D eigenvalue weighted by Gasteiger charge is 2.03. The van der Waals surface area contributed by atoms with E-state index in [-0.39, 0.29) is 5.56 Å². The first kappa shape index (κ1) is 10.7. The van der Waals surface area contributed by atoms with Gasteiger partial charge in [-0.05, 0) is 24.6 Å². The van der Waals surface area contributed by atoms with Crippen molar-refractivity contribution in [2.75, 3.05) is 5.73 Å². The molecule has 2 N–H and O–H groups in total. The molecule has 2 aromatic rings. The quantitative estimate of drug-likeness (QED) is 0.797. The van der Waals surface area contributed by atoms with Gasteiger partial charge in [0.25, 0.3) is 5.56 Å². The molecule has 0 aliphatic heterocycles. The van der Waals surface area contributed by atoms with E-state index < -0.39 is 0 Å². The van der Waals surface area contributed by atoms with Gasteiger partial charge in [0.05, 0.1) is 17.2 Å². The van der Waals surface area contributed by atoms with Gasteiger partial charge < -0.3 is 5.73 Å². The van der Waals surface area contributed by atoms with Crippen LogP contribution in [0.15, 0.2) is 29.3 Å². The van der Waals surface area contributed by atoms with Crippen LogP contribution in [-0.4, -0.2) is 9.55 Å². The molecule has 1 aromatic heterocycles. The highest BCUT2D eigenvalue weighted by atomic mass is 16.1. The van der Waals surface area contributed by atoms with Crippen molar-refractivity contribution < 1.29 is 0 Å². The van der Waals surface area contributed by atoms with Gasteiger partial charge in [0, 0.05) is 12.2 Å². The average molecular weight is 217 g/mol. The summed E-state index contributed by atoms with van der Waals surface area (Å²) in [6.45, 7) is 2.81. The number of anilines is 1. The molecule has 2 rings (SSSR count). The molecule has 0 fully saturated rings. The third-order valence-corrected chi connectivity index (χ3v) is 2.60. The van der Waals surface area contributed by atoms with Crippen molar-refractivity contribution in [3.63, 3.8) is 0 Å². The SMILES string of the molecule is CCCCn1cnc2ccc(N)cc2c1=O. The Kier molecular flexibility index (Phi) is 2.90. The Morgan fingerprint density at radius 1 is 1.44 bits per heavy atom. The first-order chi connectivity index (χ1) is 7.72. The normalized spacial score (nSPS) is 10.8. The number of unbranched alkanes of at least 4 members (excludes halogenated alkanes) is 1. The van der Waals surface area contributed by atoms with Crippen LogP contribution in [0, 0.1) is 0 Å². The zero-order valence-corrected chi connectivity index (χ0v) is 9.31. The third-order valence-electron chi connectivity index (χ3n) is 2.60. The van der Waals surface area contributed by atoms with Gasteiger partial charge >= 0.3 is 0 Å². The number of benzene rings is 1. The molecule has 0 bridgehead atoms. The molecule has 0 unspecified atom stereocenters. The second-order valence-electron chi connectivity index (χ2n) is 3.87. The number of hydrogen-bond donors (Lipinski definition) is 1. The zero-order valence-electron chi connectivity index (χ0n) is 9.31. The largest absolute Gasteiger partial charge is 0.399 e. The van der Waals surface area contributed by atoms with Gasteiger partial charge in [-0.25, -0.2) is 4.98 Å². The smallest absolute Gasteiger partial charge is 0.261 e. The minimum atomic E-state index is -0.00856. The summed E-state index contributed by atoms with van der Waals surface area (Å²) in [6.07, 6.45) is 3.65. The van der Waals surface area contributed by atoms with Crippen molar-refractivity contribution >= 4 is 16.6 Å². The van der Waals surface area contributed by atoms with E-state index in [1.54, 1.807) is 29.1 Å². The second-order valence-corrected chi connectivity index (χ2v) is 3.87. The Morgan fingerprint density at radius 3 is 3.00 bits per heavy atom. The first-order valence-electron chi connectivity index (χ1n) is 5.47. The molecule has 0 atom stereocenters. The maximum absolute atomic E-state index is 12.1. The predicted octanol–water partition coefficient (Wildman–Crippen LogP) is 1.78. The van der Waals surface area contributed by atoms with E-state index >= 15 is 0 Å². The summed E-state index contributed by atoms with van der Waals surface area (Å²) in [4.78, 5) is 16.3. The standard InChI is InChI=1S/C12H15N3O/c1-2-3-6-15-8-14-11-5-4-9(13)7-10(11)12(15)16/h4-5,7-8H,2-3,6,13H2,1H3. The van der Waals surface area contributed by atoms with Crippen LogP contribution in [0.25, 0.3) is 10.9 Å². The van der Waals surface area contributed by atoms with Gasteiger partial charge in [-0.15, -0.1) is 0 Å². The molecule has 4 nitrogen and oxygen atoms in total. The van der Waals surface area contributed by atoms with E-state index in [9.17, 15) is 4.79 Å². The third kappa shape index (κ3) is 1.91. The van der Waals surface area contributed by atoms with E-state index in [2.05, 4.69) is 11.9 Å². The summed E-state index contributed by atoms with van der Waals surface area (Å²) >= 11 is 0. The van der Waals surface area contributed by atoms with Crippen LogP contribution >= 0.6 is 0 Å². The lowest BCUT2D eigenvalue weighted by Crippen LogP contribution is -2.20. The summed E-state index contributed by atoms with van der Waals surface area (Å²) in [5.41, 5.74) is 6.96. The van der Waals surface area contributed by atoms with Crippen LogP contribution < -0.4 is 11.3 Å². The predicted molar refractivity (Wildman–Crippen MR) is 65.3 cm³/mol. The number of hydrogen-bond acceptors (Lipinski definition) is 3. The molecule has 4 heteroatoms. The van der Waals surface area contributed by atoms with Gasteiger partial charge in [0.1, 0.15) is 0 Å². The summed E-state index contributed by atoms with van der Waals surface area (Å²) in [6, 6.07) is 5.22. The molecule has 84 valence electrons. The maximum Gasteiger partial charge on any atom is 0.261 e. The molecule has 1 aromatic carbocycles. The van der Waals surface area contributed by atoms with Crippen molar-refractivity contribution in [3.8, 4) is 0 Å². The second kappa shape index (κ2) is 4.35. The number of nitrogens with zero attached hydrogens (tertiary/aromatic N) is 2. The van der Waals surface area contributed by atoms with Gasteiger partial charge in [-0.1, -0.05) is 13.3 Å². The highest BCUT2D eigenvalue weighted by Crippen LogP contribution is 2.11. The van der Waals surface area contributed by atoms with E-state index in [1.165, 1.54) is 0 Å². The number of fused-ring (bicyclic) bond motifs is 1. The minimum Gasteiger partial charge on any atom is -0.399 e. The van der Waals surface area contributed by atoms with Crippen molar-refractivity contribution in [1.82, 2.24) is 9.55 Å². The molecule has 0 aliphatic rings. The summed E-state index contributed by atoms with van der Waals surface area (Å²) in [7, 11) is 0. The van der Waals surface area contributed by atoms with E-state index in [4.69, 9.17) is 5.73 Å². The van der Waals surface area contributed by atoms with Crippen molar-refractivity contribution in [3.05, 3.63) is 34.9 Å². The van der Waals surface area contributed by atoms with Gasteiger partial charge in [0.15, 0.2) is 0 Å². The molecular weight excluding hydrogens is 202 g/mol. The van der Waals surface area contributed by atoms with Crippen LogP contribution in [0.4, 0.5) is 5.69 Å². The summed E-state index contributed by atoms with van der Waals surface area (Å²) in [5.74, 6) is 0. The monoisotopic (exact) mass is 217 g/mol. The fourth-order valence-corrected chi connectivity index (χ4v) is 1.66. The Hall–Kier alpha value is -1.84. The van der Waals surface area contributed by atoms with Gasteiger partial charge in [-0.3, -0.25) is 9.36 Å². The number of aryl methyl sites for hydroxylation is 1. The zero-order chi connectivity index (χ0) is 11.5. The fraction of sp³-hybridized carbons (Fsp3) is 0.333. The topological polar surface area (TPSA) is 60.9 Å². The molecule has 1 heterocycles. The molecule has 0 radical (unpaired) electrons. The highest BCUT2D eigenvalue weighted by molar-refractivity contribution is 5.80. The fourth-order valence-electron chi connectivity index (χ4n) is 1.66. The molecular formula is C12H15N3O. The van der Waals surface area contributed by atoms with Gasteiger partial charge in [0.2, 0.25) is 0 Å². The Labute approximate surface area is 93.7 Å². The lowest BCUT2D eigenvalue weighted by molar-refractivity contribution is 0.608. The maximum atomic E-state index is 12.1. The molecule has 0 aliphatic carbocycles. The van der Waals surface area contributed by atoms with Crippen LogP contribution in [0.1, 0.15) is 19.8 Å². The Balaban J connectivity index is 2.55. The van der Waals surface area contributed by atoms with Crippen LogP contribution in [0.3, 0.4) is 0 Å². The molecule has 0 amide bonds. The van der Waals surface area contributed by atoms with Crippen LogP contribution in [0.2, 0.25) is 0 Å². The van der Waals surface area contributed by atoms with E-state index in [0.29, 0.717) is 23.1 Å². The van der Waals surface area contributed by atoms with Crippen molar-refractivity contribution in [2.45, 2.75) is 26.3 Å². The molecule has 0 spiro atoms. The number of aromatic nitrogens is 2. The number of rotatable bonds is 3. The minimum absolute atomic E-state index is 0.00856. The summed E-state index contributed by atoms with van der Waals surface area (Å²) < 4.78 is 1.64. The number of nitrogen functional groups attached to an aromatic ring is 1. The van der Waals surface area contributed by atoms with Crippen LogP contribution in [0.5, 0.6) is 0 Å². The van der Waals surface area contributed by atoms with E-state index in [0.717, 1.165) is 12.8 Å². The Morgan fingerprint density at radius 2 is 2.25 bits per heavy atom. The molecule has 0 saturated carbocycles. The lowest BCUT2D eigenvalue weighted by Gasteiger charge is -2.05. The number of nitrogens with two attached hydrogens (primary N) is 1. The lowest BCUT2D eigenvalue weighted by atomic mass is 10.2.